The number of rotatable bonds is 3. The zero-order valence-corrected chi connectivity index (χ0v) is 11.5. The van der Waals surface area contributed by atoms with E-state index in [9.17, 15) is 5.11 Å². The predicted molar refractivity (Wildman–Crippen MR) is 72.7 cm³/mol. The molecule has 0 amide bonds. The first-order chi connectivity index (χ1) is 8.85. The standard InChI is InChI=1S/C13H21N3OS/c17-9-10-4-5-16-13(7-10)14-12(15-16)8-11-3-1-2-6-18-11/h10-11,17H,1-9H2. The molecule has 100 valence electrons. The molecule has 0 radical (unpaired) electrons. The second-order valence-corrected chi connectivity index (χ2v) is 6.81. The van der Waals surface area contributed by atoms with E-state index in [1.165, 1.54) is 25.0 Å². The summed E-state index contributed by atoms with van der Waals surface area (Å²) in [5.41, 5.74) is 0. The Kier molecular flexibility index (Phi) is 3.89. The molecule has 1 N–H and O–H groups in total. The van der Waals surface area contributed by atoms with Crippen molar-refractivity contribution in [2.75, 3.05) is 12.4 Å². The second kappa shape index (κ2) is 5.61. The van der Waals surface area contributed by atoms with Crippen molar-refractivity contribution in [1.82, 2.24) is 14.8 Å². The zero-order chi connectivity index (χ0) is 12.4. The number of aromatic nitrogens is 3. The molecule has 0 bridgehead atoms. The van der Waals surface area contributed by atoms with E-state index >= 15 is 0 Å². The number of thioether (sulfide) groups is 1. The topological polar surface area (TPSA) is 50.9 Å². The van der Waals surface area contributed by atoms with Gasteiger partial charge in [-0.1, -0.05) is 6.42 Å². The lowest BCUT2D eigenvalue weighted by Crippen LogP contribution is -2.22. The maximum absolute atomic E-state index is 9.22. The van der Waals surface area contributed by atoms with Crippen LogP contribution in [-0.4, -0.2) is 37.5 Å². The average Bonchev–Trinajstić information content (AvgIpc) is 2.80. The highest BCUT2D eigenvalue weighted by molar-refractivity contribution is 7.99. The Morgan fingerprint density at radius 3 is 3.06 bits per heavy atom. The third-order valence-corrected chi connectivity index (χ3v) is 5.35. The number of hydrogen-bond acceptors (Lipinski definition) is 4. The van der Waals surface area contributed by atoms with Gasteiger partial charge in [-0.3, -0.25) is 0 Å². The molecule has 4 nitrogen and oxygen atoms in total. The third kappa shape index (κ3) is 2.72. The van der Waals surface area contributed by atoms with Crippen molar-refractivity contribution in [2.24, 2.45) is 5.92 Å². The van der Waals surface area contributed by atoms with Gasteiger partial charge in [-0.25, -0.2) is 9.67 Å². The Bertz CT molecular complexity index is 401. The highest BCUT2D eigenvalue weighted by Crippen LogP contribution is 2.27. The van der Waals surface area contributed by atoms with E-state index in [0.717, 1.165) is 42.7 Å². The maximum atomic E-state index is 9.22. The number of aliphatic hydroxyl groups excluding tert-OH is 1. The first-order valence-corrected chi connectivity index (χ1v) is 8.05. The van der Waals surface area contributed by atoms with Gasteiger partial charge in [0, 0.05) is 31.2 Å². The molecule has 0 aliphatic carbocycles. The van der Waals surface area contributed by atoms with Crippen LogP contribution in [0.25, 0.3) is 0 Å². The largest absolute Gasteiger partial charge is 0.396 e. The van der Waals surface area contributed by atoms with Gasteiger partial charge in [0.2, 0.25) is 0 Å². The molecule has 0 aromatic carbocycles. The van der Waals surface area contributed by atoms with Gasteiger partial charge in [-0.15, -0.1) is 0 Å². The molecule has 2 atom stereocenters. The maximum Gasteiger partial charge on any atom is 0.152 e. The first-order valence-electron chi connectivity index (χ1n) is 7.00. The lowest BCUT2D eigenvalue weighted by molar-refractivity contribution is 0.196. The highest BCUT2D eigenvalue weighted by Gasteiger charge is 2.23. The molecule has 2 aliphatic rings. The molecular weight excluding hydrogens is 246 g/mol. The summed E-state index contributed by atoms with van der Waals surface area (Å²) in [6.07, 6.45) is 6.98. The van der Waals surface area contributed by atoms with Gasteiger partial charge < -0.3 is 5.11 Å². The molecule has 18 heavy (non-hydrogen) atoms. The van der Waals surface area contributed by atoms with E-state index < -0.39 is 0 Å². The van der Waals surface area contributed by atoms with Crippen LogP contribution in [0.2, 0.25) is 0 Å². The summed E-state index contributed by atoms with van der Waals surface area (Å²) in [6, 6.07) is 0. The smallest absolute Gasteiger partial charge is 0.152 e. The first kappa shape index (κ1) is 12.5. The second-order valence-electron chi connectivity index (χ2n) is 5.40. The van der Waals surface area contributed by atoms with Gasteiger partial charge in [0.05, 0.1) is 0 Å². The van der Waals surface area contributed by atoms with Crippen LogP contribution in [0.3, 0.4) is 0 Å². The Labute approximate surface area is 112 Å². The van der Waals surface area contributed by atoms with E-state index in [1.54, 1.807) is 0 Å². The van der Waals surface area contributed by atoms with E-state index in [2.05, 4.69) is 26.5 Å². The summed E-state index contributed by atoms with van der Waals surface area (Å²) >= 11 is 2.08. The Morgan fingerprint density at radius 2 is 2.28 bits per heavy atom. The van der Waals surface area contributed by atoms with Crippen molar-refractivity contribution in [3.8, 4) is 0 Å². The van der Waals surface area contributed by atoms with Crippen LogP contribution in [0.1, 0.15) is 37.3 Å². The Hall–Kier alpha value is -0.550. The molecule has 2 aliphatic heterocycles. The fraction of sp³-hybridized carbons (Fsp3) is 0.846. The minimum absolute atomic E-state index is 0.278. The average molecular weight is 267 g/mol. The van der Waals surface area contributed by atoms with Crippen molar-refractivity contribution in [3.05, 3.63) is 11.6 Å². The van der Waals surface area contributed by atoms with Gasteiger partial charge in [0.15, 0.2) is 5.82 Å². The lowest BCUT2D eigenvalue weighted by Gasteiger charge is -2.19. The van der Waals surface area contributed by atoms with Crippen LogP contribution >= 0.6 is 11.8 Å². The van der Waals surface area contributed by atoms with Gasteiger partial charge in [0.1, 0.15) is 5.82 Å². The quantitative estimate of drug-likeness (QED) is 0.905. The SMILES string of the molecule is OCC1CCn2nc(CC3CCCCS3)nc2C1. The summed E-state index contributed by atoms with van der Waals surface area (Å²) in [4.78, 5) is 4.67. The molecule has 5 heteroatoms. The van der Waals surface area contributed by atoms with Gasteiger partial charge in [-0.05, 0) is 30.9 Å². The minimum Gasteiger partial charge on any atom is -0.396 e. The van der Waals surface area contributed by atoms with Crippen LogP contribution in [-0.2, 0) is 19.4 Å². The van der Waals surface area contributed by atoms with Crippen molar-refractivity contribution >= 4 is 11.8 Å². The summed E-state index contributed by atoms with van der Waals surface area (Å²) < 4.78 is 2.05. The van der Waals surface area contributed by atoms with E-state index in [1.807, 2.05) is 0 Å². The van der Waals surface area contributed by atoms with Crippen LogP contribution in [0.5, 0.6) is 0 Å². The Balaban J connectivity index is 1.65. The summed E-state index contributed by atoms with van der Waals surface area (Å²) in [5, 5.41) is 14.6. The summed E-state index contributed by atoms with van der Waals surface area (Å²) in [6.45, 7) is 1.20. The van der Waals surface area contributed by atoms with Crippen LogP contribution in [0.15, 0.2) is 0 Å². The van der Waals surface area contributed by atoms with Crippen LogP contribution < -0.4 is 0 Å². The van der Waals surface area contributed by atoms with Crippen molar-refractivity contribution < 1.29 is 5.11 Å². The zero-order valence-electron chi connectivity index (χ0n) is 10.7. The van der Waals surface area contributed by atoms with Gasteiger partial charge >= 0.3 is 0 Å². The van der Waals surface area contributed by atoms with E-state index in [-0.39, 0.29) is 6.61 Å². The van der Waals surface area contributed by atoms with E-state index in [0.29, 0.717) is 5.92 Å². The number of hydrogen-bond donors (Lipinski definition) is 1. The summed E-state index contributed by atoms with van der Waals surface area (Å²) in [7, 11) is 0. The highest BCUT2D eigenvalue weighted by atomic mass is 32.2. The molecule has 3 heterocycles. The van der Waals surface area contributed by atoms with Crippen LogP contribution in [0.4, 0.5) is 0 Å². The number of nitrogens with zero attached hydrogens (tertiary/aromatic N) is 3. The molecule has 3 rings (SSSR count). The molecule has 1 aromatic heterocycles. The van der Waals surface area contributed by atoms with Gasteiger partial charge in [0.25, 0.3) is 0 Å². The molecule has 2 unspecified atom stereocenters. The van der Waals surface area contributed by atoms with Crippen molar-refractivity contribution in [3.63, 3.8) is 0 Å². The predicted octanol–water partition coefficient (Wildman–Crippen LogP) is 1.66. The van der Waals surface area contributed by atoms with Crippen molar-refractivity contribution in [1.29, 1.82) is 0 Å². The summed E-state index contributed by atoms with van der Waals surface area (Å²) in [5.74, 6) is 3.78. The Morgan fingerprint density at radius 1 is 1.33 bits per heavy atom. The third-order valence-electron chi connectivity index (χ3n) is 3.96. The number of aliphatic hydroxyl groups is 1. The van der Waals surface area contributed by atoms with Gasteiger partial charge in [-0.2, -0.15) is 16.9 Å². The molecule has 0 saturated carbocycles. The number of aryl methyl sites for hydroxylation is 1. The molecular formula is C13H21N3OS. The monoisotopic (exact) mass is 267 g/mol. The van der Waals surface area contributed by atoms with Crippen LogP contribution in [0, 0.1) is 5.92 Å². The van der Waals surface area contributed by atoms with E-state index in [4.69, 9.17) is 0 Å². The molecule has 1 saturated heterocycles. The minimum atomic E-state index is 0.278. The molecule has 1 fully saturated rings. The van der Waals surface area contributed by atoms with Crippen molar-refractivity contribution in [2.45, 2.75) is 50.3 Å². The molecule has 0 spiro atoms. The normalized spacial score (nSPS) is 28.1. The molecule has 1 aromatic rings. The number of fused-ring (bicyclic) bond motifs is 1. The fourth-order valence-electron chi connectivity index (χ4n) is 2.84. The fourth-order valence-corrected chi connectivity index (χ4v) is 4.14. The lowest BCUT2D eigenvalue weighted by atomic mass is 9.99.